The Balaban J connectivity index is 1.81. The summed E-state index contributed by atoms with van der Waals surface area (Å²) in [4.78, 5) is 28.7. The topological polar surface area (TPSA) is 81.3 Å². The van der Waals surface area contributed by atoms with Gasteiger partial charge in [-0.15, -0.1) is 0 Å². The van der Waals surface area contributed by atoms with Crippen molar-refractivity contribution in [1.82, 2.24) is 15.1 Å². The molecular weight excluding hydrogens is 366 g/mol. The average molecular weight is 389 g/mol. The predicted octanol–water partition coefficient (Wildman–Crippen LogP) is 2.47. The van der Waals surface area contributed by atoms with Gasteiger partial charge in [0.25, 0.3) is 5.56 Å². The maximum atomic E-state index is 12.1. The van der Waals surface area contributed by atoms with Crippen LogP contribution in [0.4, 0.5) is 11.4 Å². The van der Waals surface area contributed by atoms with Crippen molar-refractivity contribution in [3.8, 4) is 11.3 Å². The molecule has 0 aliphatic carbocycles. The molecule has 0 spiro atoms. The smallest absolute Gasteiger partial charge is 0.272 e. The normalized spacial score (nSPS) is 14.7. The Labute approximate surface area is 168 Å². The van der Waals surface area contributed by atoms with Gasteiger partial charge in [-0.2, -0.15) is 5.10 Å². The lowest BCUT2D eigenvalue weighted by Gasteiger charge is -2.35. The van der Waals surface area contributed by atoms with Crippen LogP contribution < -0.4 is 15.8 Å². The van der Waals surface area contributed by atoms with Crippen molar-refractivity contribution in [2.45, 2.75) is 0 Å². The van der Waals surface area contributed by atoms with Gasteiger partial charge < -0.3 is 15.1 Å². The second-order valence-corrected chi connectivity index (χ2v) is 7.16. The predicted molar refractivity (Wildman–Crippen MR) is 116 cm³/mol. The number of aromatic nitrogens is 2. The van der Waals surface area contributed by atoms with E-state index in [9.17, 15) is 9.59 Å². The third-order valence-corrected chi connectivity index (χ3v) is 5.25. The molecule has 3 aromatic rings. The summed E-state index contributed by atoms with van der Waals surface area (Å²) in [5.74, 6) is -0.267. The molecule has 0 bridgehead atoms. The molecule has 1 aliphatic rings. The second kappa shape index (κ2) is 7.89. The number of H-pyrrole nitrogens is 1. The fourth-order valence-corrected chi connectivity index (χ4v) is 3.63. The van der Waals surface area contributed by atoms with E-state index in [0.717, 1.165) is 42.8 Å². The molecule has 2 N–H and O–H groups in total. The number of piperazine rings is 1. The Morgan fingerprint density at radius 2 is 1.86 bits per heavy atom. The van der Waals surface area contributed by atoms with Crippen molar-refractivity contribution in [2.24, 2.45) is 0 Å². The first-order valence-electron chi connectivity index (χ1n) is 9.55. The molecule has 2 aromatic carbocycles. The average Bonchev–Trinajstić information content (AvgIpc) is 2.75. The molecule has 1 saturated heterocycles. The van der Waals surface area contributed by atoms with E-state index in [-0.39, 0.29) is 11.5 Å². The van der Waals surface area contributed by atoms with E-state index in [1.807, 2.05) is 36.4 Å². The van der Waals surface area contributed by atoms with Crippen LogP contribution in [0, 0.1) is 0 Å². The summed E-state index contributed by atoms with van der Waals surface area (Å²) in [7, 11) is 2.10. The highest BCUT2D eigenvalue weighted by atomic mass is 16.1. The van der Waals surface area contributed by atoms with E-state index < -0.39 is 0 Å². The quantitative estimate of drug-likeness (QED) is 0.670. The number of aromatic amines is 1. The van der Waals surface area contributed by atoms with Crippen molar-refractivity contribution >= 4 is 28.1 Å². The maximum Gasteiger partial charge on any atom is 0.272 e. The number of fused-ring (bicyclic) bond motifs is 1. The van der Waals surface area contributed by atoms with Gasteiger partial charge in [-0.25, -0.2) is 5.10 Å². The SMILES string of the molecule is C=CC(=O)Nc1cc(-c2n[nH]c(=O)c3ccccc23)ccc1N1CCN(C)CC1. The van der Waals surface area contributed by atoms with Crippen molar-refractivity contribution in [2.75, 3.05) is 43.4 Å². The summed E-state index contributed by atoms with van der Waals surface area (Å²) in [5.41, 5.74) is 2.92. The minimum atomic E-state index is -0.267. The first kappa shape index (κ1) is 18.9. The van der Waals surface area contributed by atoms with Crippen LogP contribution in [-0.2, 0) is 4.79 Å². The summed E-state index contributed by atoms with van der Waals surface area (Å²) in [6.45, 7) is 7.24. The van der Waals surface area contributed by atoms with Crippen LogP contribution in [0.1, 0.15) is 0 Å². The Bertz CT molecular complexity index is 1130. The molecule has 0 atom stereocenters. The van der Waals surface area contributed by atoms with Crippen LogP contribution >= 0.6 is 0 Å². The van der Waals surface area contributed by atoms with Crippen LogP contribution in [0.3, 0.4) is 0 Å². The third-order valence-electron chi connectivity index (χ3n) is 5.25. The monoisotopic (exact) mass is 389 g/mol. The highest BCUT2D eigenvalue weighted by Crippen LogP contribution is 2.33. The molecule has 0 radical (unpaired) electrons. The third kappa shape index (κ3) is 3.77. The number of carbonyl (C=O) groups excluding carboxylic acids is 1. The van der Waals surface area contributed by atoms with Gasteiger partial charge in [0, 0.05) is 37.1 Å². The zero-order valence-corrected chi connectivity index (χ0v) is 16.3. The highest BCUT2D eigenvalue weighted by Gasteiger charge is 2.19. The Kier molecular flexibility index (Phi) is 5.14. The van der Waals surface area contributed by atoms with Crippen LogP contribution in [0.25, 0.3) is 22.0 Å². The Hall–Kier alpha value is -3.45. The van der Waals surface area contributed by atoms with E-state index in [1.54, 1.807) is 6.07 Å². The summed E-state index contributed by atoms with van der Waals surface area (Å²) >= 11 is 0. The number of carbonyl (C=O) groups is 1. The number of rotatable bonds is 4. The van der Waals surface area contributed by atoms with Gasteiger partial charge >= 0.3 is 0 Å². The van der Waals surface area contributed by atoms with Crippen molar-refractivity contribution in [1.29, 1.82) is 0 Å². The summed E-state index contributed by atoms with van der Waals surface area (Å²) in [6.07, 6.45) is 1.26. The molecule has 29 heavy (non-hydrogen) atoms. The molecule has 148 valence electrons. The number of nitrogens with one attached hydrogen (secondary N) is 2. The molecule has 0 unspecified atom stereocenters. The fraction of sp³-hybridized carbons (Fsp3) is 0.227. The van der Waals surface area contributed by atoms with E-state index in [4.69, 9.17) is 0 Å². The number of hydrogen-bond acceptors (Lipinski definition) is 5. The van der Waals surface area contributed by atoms with Crippen LogP contribution in [0.15, 0.2) is 59.9 Å². The molecule has 1 aliphatic heterocycles. The van der Waals surface area contributed by atoms with Gasteiger partial charge in [-0.1, -0.05) is 30.8 Å². The van der Waals surface area contributed by atoms with Gasteiger partial charge in [0.1, 0.15) is 0 Å². The number of likely N-dealkylation sites (N-methyl/N-ethyl adjacent to an activating group) is 1. The number of nitrogens with zero attached hydrogens (tertiary/aromatic N) is 3. The molecule has 0 saturated carbocycles. The van der Waals surface area contributed by atoms with Gasteiger partial charge in [-0.3, -0.25) is 9.59 Å². The molecule has 1 aromatic heterocycles. The van der Waals surface area contributed by atoms with Gasteiger partial charge in [0.05, 0.1) is 22.5 Å². The molecule has 2 heterocycles. The fourth-order valence-electron chi connectivity index (χ4n) is 3.63. The molecular formula is C22H23N5O2. The van der Waals surface area contributed by atoms with E-state index in [1.165, 1.54) is 6.08 Å². The number of anilines is 2. The highest BCUT2D eigenvalue weighted by molar-refractivity contribution is 6.02. The lowest BCUT2D eigenvalue weighted by Crippen LogP contribution is -2.44. The zero-order chi connectivity index (χ0) is 20.4. The van der Waals surface area contributed by atoms with Gasteiger partial charge in [0.2, 0.25) is 5.91 Å². The molecule has 4 rings (SSSR count). The standard InChI is InChI=1S/C22H23N5O2/c1-3-20(28)23-18-14-15(8-9-19(18)27-12-10-26(2)11-13-27)21-16-6-4-5-7-17(16)22(29)25-24-21/h3-9,14H,1,10-13H2,2H3,(H,23,28)(H,25,29). The molecule has 1 amide bonds. The second-order valence-electron chi connectivity index (χ2n) is 7.16. The van der Waals surface area contributed by atoms with Crippen molar-refractivity contribution in [3.05, 3.63) is 65.5 Å². The van der Waals surface area contributed by atoms with Crippen molar-refractivity contribution < 1.29 is 4.79 Å². The Morgan fingerprint density at radius 1 is 1.14 bits per heavy atom. The lowest BCUT2D eigenvalue weighted by molar-refractivity contribution is -0.111. The molecule has 7 heteroatoms. The first-order chi connectivity index (χ1) is 14.1. The molecule has 7 nitrogen and oxygen atoms in total. The number of benzene rings is 2. The summed E-state index contributed by atoms with van der Waals surface area (Å²) in [5, 5.41) is 11.1. The first-order valence-corrected chi connectivity index (χ1v) is 9.55. The minimum Gasteiger partial charge on any atom is -0.367 e. The Morgan fingerprint density at radius 3 is 2.59 bits per heavy atom. The summed E-state index contributed by atoms with van der Waals surface area (Å²) < 4.78 is 0. The number of amides is 1. The molecule has 1 fully saturated rings. The largest absolute Gasteiger partial charge is 0.367 e. The lowest BCUT2D eigenvalue weighted by atomic mass is 10.0. The minimum absolute atomic E-state index is 0.224. The zero-order valence-electron chi connectivity index (χ0n) is 16.3. The maximum absolute atomic E-state index is 12.1. The van der Waals surface area contributed by atoms with E-state index in [2.05, 4.69) is 38.9 Å². The van der Waals surface area contributed by atoms with Gasteiger partial charge in [-0.05, 0) is 31.3 Å². The van der Waals surface area contributed by atoms with Crippen molar-refractivity contribution in [3.63, 3.8) is 0 Å². The van der Waals surface area contributed by atoms with Crippen LogP contribution in [0.5, 0.6) is 0 Å². The van der Waals surface area contributed by atoms with E-state index >= 15 is 0 Å². The number of hydrogen-bond donors (Lipinski definition) is 2. The van der Waals surface area contributed by atoms with Crippen LogP contribution in [-0.4, -0.2) is 54.2 Å². The summed E-state index contributed by atoms with van der Waals surface area (Å²) in [6, 6.07) is 13.2. The van der Waals surface area contributed by atoms with E-state index in [0.29, 0.717) is 16.8 Å². The van der Waals surface area contributed by atoms with Crippen LogP contribution in [0.2, 0.25) is 0 Å². The van der Waals surface area contributed by atoms with Gasteiger partial charge in [0.15, 0.2) is 0 Å².